The summed E-state index contributed by atoms with van der Waals surface area (Å²) < 4.78 is 0. The van der Waals surface area contributed by atoms with E-state index >= 15 is 0 Å². The van der Waals surface area contributed by atoms with Gasteiger partial charge >= 0.3 is 11.9 Å². The lowest BCUT2D eigenvalue weighted by atomic mass is 10.1. The maximum Gasteiger partial charge on any atom is 0.320 e. The molecule has 0 bridgehead atoms. The fourth-order valence-electron chi connectivity index (χ4n) is 1.00. The number of nitrogens with two attached hydrogens (primary N) is 3. The van der Waals surface area contributed by atoms with Crippen molar-refractivity contribution in [2.45, 2.75) is 37.8 Å². The largest absolute Gasteiger partial charge is 0.480 e. The minimum atomic E-state index is -0.933. The summed E-state index contributed by atoms with van der Waals surface area (Å²) in [5.41, 5.74) is 15.6. The number of carboxylic acid groups (broad SMARTS) is 2. The molecule has 2 unspecified atom stereocenters. The molecule has 0 saturated heterocycles. The monoisotopic (exact) mass is 331 g/mol. The van der Waals surface area contributed by atoms with Crippen LogP contribution in [0, 0.1) is 0 Å². The lowest BCUT2D eigenvalue weighted by Gasteiger charge is -2.03. The van der Waals surface area contributed by atoms with Crippen molar-refractivity contribution in [1.82, 2.24) is 0 Å². The molecule has 8 N–H and O–H groups in total. The third-order valence-electron chi connectivity index (χ3n) is 2.24. The van der Waals surface area contributed by atoms with E-state index in [1.807, 2.05) is 6.26 Å². The second-order valence-corrected chi connectivity index (χ2v) is 4.94. The van der Waals surface area contributed by atoms with Crippen LogP contribution in [0.25, 0.3) is 0 Å². The lowest BCUT2D eigenvalue weighted by Crippen LogP contribution is -2.30. The van der Waals surface area contributed by atoms with E-state index in [9.17, 15) is 9.59 Å². The maximum atomic E-state index is 10.1. The summed E-state index contributed by atoms with van der Waals surface area (Å²) in [4.78, 5) is 20.2. The van der Waals surface area contributed by atoms with Crippen molar-refractivity contribution in [3.63, 3.8) is 0 Å². The van der Waals surface area contributed by atoms with Crippen LogP contribution in [0.5, 0.6) is 0 Å². The highest BCUT2D eigenvalue weighted by Gasteiger charge is 2.09. The number of hydrogen-bond donors (Lipinski definition) is 5. The van der Waals surface area contributed by atoms with Crippen molar-refractivity contribution in [3.8, 4) is 0 Å². The van der Waals surface area contributed by atoms with Crippen LogP contribution in [0.3, 0.4) is 0 Å². The van der Waals surface area contributed by atoms with Crippen molar-refractivity contribution in [3.05, 3.63) is 0 Å². The number of hydrogen-bond acceptors (Lipinski definition) is 6. The van der Waals surface area contributed by atoms with Crippen LogP contribution in [0.4, 0.5) is 0 Å². The average molecular weight is 332 g/mol. The van der Waals surface area contributed by atoms with Gasteiger partial charge < -0.3 is 27.4 Å². The minimum absolute atomic E-state index is 0. The summed E-state index contributed by atoms with van der Waals surface area (Å²) in [7, 11) is 0. The molecule has 0 heterocycles. The Morgan fingerprint density at radius 1 is 1.05 bits per heavy atom. The summed E-state index contributed by atoms with van der Waals surface area (Å²) in [5, 5.41) is 16.6. The normalized spacial score (nSPS) is 12.4. The smallest absolute Gasteiger partial charge is 0.320 e. The van der Waals surface area contributed by atoms with Gasteiger partial charge in [-0.05, 0) is 37.8 Å². The molecular weight excluding hydrogens is 306 g/mol. The minimum Gasteiger partial charge on any atom is -0.480 e. The van der Waals surface area contributed by atoms with Crippen molar-refractivity contribution in [2.75, 3.05) is 18.6 Å². The Bertz CT molecular complexity index is 260. The number of carboxylic acids is 2. The second-order valence-electron chi connectivity index (χ2n) is 3.96. The topological polar surface area (TPSA) is 153 Å². The molecular formula is C11H26ClN3O4S. The number of rotatable bonds is 9. The molecule has 20 heavy (non-hydrogen) atoms. The van der Waals surface area contributed by atoms with Gasteiger partial charge in [-0.2, -0.15) is 11.8 Å². The zero-order valence-corrected chi connectivity index (χ0v) is 13.3. The molecule has 7 nitrogen and oxygen atoms in total. The van der Waals surface area contributed by atoms with Gasteiger partial charge in [-0.1, -0.05) is 6.42 Å². The first-order valence-electron chi connectivity index (χ1n) is 6.02. The second kappa shape index (κ2) is 16.5. The molecule has 0 radical (unpaired) electrons. The van der Waals surface area contributed by atoms with Crippen LogP contribution < -0.4 is 17.2 Å². The van der Waals surface area contributed by atoms with Gasteiger partial charge in [-0.15, -0.1) is 12.4 Å². The molecule has 0 fully saturated rings. The Labute approximate surface area is 130 Å². The van der Waals surface area contributed by atoms with Gasteiger partial charge in [-0.25, -0.2) is 0 Å². The van der Waals surface area contributed by atoms with Crippen LogP contribution in [0.1, 0.15) is 25.7 Å². The van der Waals surface area contributed by atoms with Crippen LogP contribution in [0.15, 0.2) is 0 Å². The van der Waals surface area contributed by atoms with Crippen LogP contribution in [-0.2, 0) is 9.59 Å². The zero-order chi connectivity index (χ0) is 15.3. The Kier molecular flexibility index (Phi) is 20.2. The molecule has 0 spiro atoms. The van der Waals surface area contributed by atoms with Gasteiger partial charge in [0.05, 0.1) is 0 Å². The Morgan fingerprint density at radius 2 is 1.50 bits per heavy atom. The van der Waals surface area contributed by atoms with Gasteiger partial charge in [0.1, 0.15) is 12.1 Å². The van der Waals surface area contributed by atoms with Crippen LogP contribution in [-0.4, -0.2) is 52.8 Å². The SMILES string of the molecule is CSCCC(N)C(=O)O.Cl.NCCCCC(N)C(=O)O. The van der Waals surface area contributed by atoms with Gasteiger partial charge in [0.2, 0.25) is 0 Å². The third-order valence-corrected chi connectivity index (χ3v) is 2.88. The molecule has 0 aromatic rings. The zero-order valence-electron chi connectivity index (χ0n) is 11.7. The summed E-state index contributed by atoms with van der Waals surface area (Å²) in [5.74, 6) is -1.03. The molecule has 2 atom stereocenters. The molecule has 122 valence electrons. The molecule has 9 heteroatoms. The summed E-state index contributed by atoms with van der Waals surface area (Å²) >= 11 is 1.60. The van der Waals surface area contributed by atoms with Crippen molar-refractivity contribution in [1.29, 1.82) is 0 Å². The number of thioether (sulfide) groups is 1. The van der Waals surface area contributed by atoms with E-state index in [0.717, 1.165) is 18.6 Å². The first-order valence-corrected chi connectivity index (χ1v) is 7.41. The summed E-state index contributed by atoms with van der Waals surface area (Å²) in [6, 6.07) is -1.40. The van der Waals surface area contributed by atoms with Crippen molar-refractivity contribution < 1.29 is 19.8 Å². The van der Waals surface area contributed by atoms with E-state index in [0.29, 0.717) is 19.4 Å². The Morgan fingerprint density at radius 3 is 1.85 bits per heavy atom. The fraction of sp³-hybridized carbons (Fsp3) is 0.818. The lowest BCUT2D eigenvalue weighted by molar-refractivity contribution is -0.139. The maximum absolute atomic E-state index is 10.1. The van der Waals surface area contributed by atoms with E-state index in [1.54, 1.807) is 11.8 Å². The molecule has 0 rings (SSSR count). The first-order chi connectivity index (χ1) is 8.86. The van der Waals surface area contributed by atoms with Crippen molar-refractivity contribution in [2.24, 2.45) is 17.2 Å². The van der Waals surface area contributed by atoms with E-state index in [1.165, 1.54) is 0 Å². The predicted octanol–water partition coefficient (Wildman–Crippen LogP) is 0.101. The van der Waals surface area contributed by atoms with Crippen molar-refractivity contribution >= 4 is 36.1 Å². The molecule has 0 aliphatic heterocycles. The molecule has 0 amide bonds. The molecule has 0 aliphatic carbocycles. The highest BCUT2D eigenvalue weighted by molar-refractivity contribution is 7.98. The highest BCUT2D eigenvalue weighted by atomic mass is 35.5. The average Bonchev–Trinajstić information content (AvgIpc) is 2.36. The van der Waals surface area contributed by atoms with E-state index in [-0.39, 0.29) is 12.4 Å². The fourth-order valence-corrected chi connectivity index (χ4v) is 1.49. The van der Waals surface area contributed by atoms with Gasteiger partial charge in [0.25, 0.3) is 0 Å². The predicted molar refractivity (Wildman–Crippen MR) is 84.4 cm³/mol. The third kappa shape index (κ3) is 17.5. The van der Waals surface area contributed by atoms with Gasteiger partial charge in [0.15, 0.2) is 0 Å². The van der Waals surface area contributed by atoms with Gasteiger partial charge in [-0.3, -0.25) is 9.59 Å². The summed E-state index contributed by atoms with van der Waals surface area (Å²) in [6.07, 6.45) is 4.64. The standard InChI is InChI=1S/C6H14N2O2.C5H11NO2S.ClH/c7-4-2-1-3-5(8)6(9)10;1-9-3-2-4(6)5(7)8;/h5H,1-4,7-8H2,(H,9,10);4H,2-3,6H2,1H3,(H,7,8);1H. The van der Waals surface area contributed by atoms with E-state index < -0.39 is 24.0 Å². The van der Waals surface area contributed by atoms with Crippen LogP contribution in [0.2, 0.25) is 0 Å². The molecule has 0 saturated carbocycles. The van der Waals surface area contributed by atoms with Gasteiger partial charge in [0, 0.05) is 0 Å². The number of halogens is 1. The summed E-state index contributed by atoms with van der Waals surface area (Å²) in [6.45, 7) is 0.604. The molecule has 0 aromatic heterocycles. The first kappa shape index (κ1) is 24.5. The Hall–Kier alpha value is -0.540. The van der Waals surface area contributed by atoms with Crippen LogP contribution >= 0.6 is 24.2 Å². The number of aliphatic carboxylic acids is 2. The molecule has 0 aliphatic rings. The quantitative estimate of drug-likeness (QED) is 0.373. The highest BCUT2D eigenvalue weighted by Crippen LogP contribution is 1.98. The van der Waals surface area contributed by atoms with E-state index in [2.05, 4.69) is 0 Å². The molecule has 0 aromatic carbocycles. The Balaban J connectivity index is -0.000000277. The number of unbranched alkanes of at least 4 members (excludes halogenated alkanes) is 1. The number of carbonyl (C=O) groups is 2. The van der Waals surface area contributed by atoms with E-state index in [4.69, 9.17) is 27.4 Å².